The third kappa shape index (κ3) is 2.85. The molecule has 1 aromatic heterocycles. The van der Waals surface area contributed by atoms with Crippen LogP contribution >= 0.6 is 11.3 Å². The van der Waals surface area contributed by atoms with Crippen LogP contribution in [0.2, 0.25) is 0 Å². The number of sulfone groups is 1. The molecule has 0 saturated heterocycles. The Labute approximate surface area is 156 Å². The van der Waals surface area contributed by atoms with Gasteiger partial charge in [-0.3, -0.25) is 4.79 Å². The minimum Gasteiger partial charge on any atom is -0.324 e. The van der Waals surface area contributed by atoms with Crippen molar-refractivity contribution in [2.75, 3.05) is 5.32 Å². The van der Waals surface area contributed by atoms with Crippen molar-refractivity contribution in [3.05, 3.63) is 76.0 Å². The minimum atomic E-state index is -3.69. The standard InChI is InChI=1S/C20H17NO3S2/c1-13-7-9-15(10-8-13)26(23,24)17-12-25-20-16(11-18(22)21-19(17)20)14-5-3-2-4-6-14/h2-10,12,16H,11H2,1H3,(H,21,22)/t16-/m0/s1. The Morgan fingerprint density at radius 1 is 1.04 bits per heavy atom. The van der Waals surface area contributed by atoms with Crippen LogP contribution in [0.5, 0.6) is 0 Å². The Morgan fingerprint density at radius 2 is 1.73 bits per heavy atom. The molecule has 0 spiro atoms. The molecule has 0 aliphatic carbocycles. The zero-order chi connectivity index (χ0) is 18.3. The summed E-state index contributed by atoms with van der Waals surface area (Å²) in [6, 6.07) is 16.5. The maximum Gasteiger partial charge on any atom is 0.225 e. The van der Waals surface area contributed by atoms with E-state index < -0.39 is 9.84 Å². The number of carbonyl (C=O) groups is 1. The zero-order valence-electron chi connectivity index (χ0n) is 14.1. The molecule has 26 heavy (non-hydrogen) atoms. The molecule has 1 aliphatic heterocycles. The number of carbonyl (C=O) groups excluding carboxylic acids is 1. The van der Waals surface area contributed by atoms with Gasteiger partial charge < -0.3 is 5.32 Å². The van der Waals surface area contributed by atoms with Crippen LogP contribution in [0.15, 0.2) is 69.8 Å². The summed E-state index contributed by atoms with van der Waals surface area (Å²) < 4.78 is 26.2. The first kappa shape index (κ1) is 17.0. The number of amides is 1. The number of fused-ring (bicyclic) bond motifs is 1. The van der Waals surface area contributed by atoms with Crippen LogP contribution in [0.3, 0.4) is 0 Å². The van der Waals surface area contributed by atoms with Crippen molar-refractivity contribution in [1.29, 1.82) is 0 Å². The molecule has 0 unspecified atom stereocenters. The van der Waals surface area contributed by atoms with E-state index in [1.165, 1.54) is 11.3 Å². The second-order valence-electron chi connectivity index (χ2n) is 6.37. The second kappa shape index (κ2) is 6.37. The first-order valence-electron chi connectivity index (χ1n) is 8.25. The van der Waals surface area contributed by atoms with Crippen LogP contribution in [-0.2, 0) is 14.6 Å². The summed E-state index contributed by atoms with van der Waals surface area (Å²) in [5.74, 6) is -0.281. The van der Waals surface area contributed by atoms with Gasteiger partial charge in [0, 0.05) is 22.6 Å². The molecular formula is C20H17NO3S2. The van der Waals surface area contributed by atoms with Gasteiger partial charge in [0.1, 0.15) is 4.90 Å². The normalized spacial score (nSPS) is 16.8. The van der Waals surface area contributed by atoms with Gasteiger partial charge >= 0.3 is 0 Å². The fourth-order valence-corrected chi connectivity index (χ4v) is 6.11. The number of nitrogens with one attached hydrogen (secondary N) is 1. The van der Waals surface area contributed by atoms with E-state index in [4.69, 9.17) is 0 Å². The maximum absolute atomic E-state index is 13.1. The van der Waals surface area contributed by atoms with Crippen LogP contribution < -0.4 is 5.32 Å². The fraction of sp³-hybridized carbons (Fsp3) is 0.150. The SMILES string of the molecule is Cc1ccc(S(=O)(=O)c2csc3c2NC(=O)C[C@H]3c2ccccc2)cc1. The van der Waals surface area contributed by atoms with Gasteiger partial charge in [-0.05, 0) is 24.6 Å². The predicted molar refractivity (Wildman–Crippen MR) is 102 cm³/mol. The molecule has 0 saturated carbocycles. The van der Waals surface area contributed by atoms with E-state index in [-0.39, 0.29) is 21.6 Å². The fourth-order valence-electron chi connectivity index (χ4n) is 3.20. The van der Waals surface area contributed by atoms with Crippen LogP contribution in [0.4, 0.5) is 5.69 Å². The third-order valence-electron chi connectivity index (χ3n) is 4.58. The number of benzene rings is 2. The van der Waals surface area contributed by atoms with E-state index in [0.717, 1.165) is 16.0 Å². The molecule has 1 amide bonds. The molecule has 0 bridgehead atoms. The first-order chi connectivity index (χ1) is 12.5. The number of hydrogen-bond donors (Lipinski definition) is 1. The van der Waals surface area contributed by atoms with E-state index in [0.29, 0.717) is 12.1 Å². The smallest absolute Gasteiger partial charge is 0.225 e. The monoisotopic (exact) mass is 383 g/mol. The first-order valence-corrected chi connectivity index (χ1v) is 10.6. The van der Waals surface area contributed by atoms with Gasteiger partial charge in [-0.25, -0.2) is 8.42 Å². The highest BCUT2D eigenvalue weighted by atomic mass is 32.2. The van der Waals surface area contributed by atoms with Gasteiger partial charge in [0.05, 0.1) is 10.6 Å². The van der Waals surface area contributed by atoms with E-state index in [2.05, 4.69) is 5.32 Å². The number of anilines is 1. The van der Waals surface area contributed by atoms with Crippen molar-refractivity contribution in [2.45, 2.75) is 29.1 Å². The van der Waals surface area contributed by atoms with Gasteiger partial charge in [-0.15, -0.1) is 11.3 Å². The average molecular weight is 383 g/mol. The topological polar surface area (TPSA) is 63.2 Å². The van der Waals surface area contributed by atoms with E-state index in [1.807, 2.05) is 37.3 Å². The Kier molecular flexibility index (Phi) is 4.17. The van der Waals surface area contributed by atoms with Crippen molar-refractivity contribution in [2.24, 2.45) is 0 Å². The Balaban J connectivity index is 1.83. The average Bonchev–Trinajstić information content (AvgIpc) is 3.06. The van der Waals surface area contributed by atoms with Crippen LogP contribution in [0, 0.1) is 6.92 Å². The summed E-state index contributed by atoms with van der Waals surface area (Å²) in [5, 5.41) is 4.43. The number of aryl methyl sites for hydroxylation is 1. The van der Waals surface area contributed by atoms with Crippen molar-refractivity contribution < 1.29 is 13.2 Å². The number of rotatable bonds is 3. The molecule has 6 heteroatoms. The molecule has 2 aromatic carbocycles. The van der Waals surface area contributed by atoms with Gasteiger partial charge in [-0.1, -0.05) is 48.0 Å². The summed E-state index contributed by atoms with van der Waals surface area (Å²) in [6.45, 7) is 1.91. The maximum atomic E-state index is 13.1. The molecule has 0 fully saturated rings. The summed E-state index contributed by atoms with van der Waals surface area (Å²) in [6.07, 6.45) is 0.321. The van der Waals surface area contributed by atoms with Crippen molar-refractivity contribution in [3.8, 4) is 0 Å². The lowest BCUT2D eigenvalue weighted by Crippen LogP contribution is -2.23. The van der Waals surface area contributed by atoms with Crippen LogP contribution in [0.1, 0.15) is 28.3 Å². The molecule has 1 aliphatic rings. The lowest BCUT2D eigenvalue weighted by molar-refractivity contribution is -0.116. The Morgan fingerprint density at radius 3 is 2.42 bits per heavy atom. The lowest BCUT2D eigenvalue weighted by Gasteiger charge is -2.23. The largest absolute Gasteiger partial charge is 0.324 e. The van der Waals surface area contributed by atoms with E-state index in [9.17, 15) is 13.2 Å². The van der Waals surface area contributed by atoms with Gasteiger partial charge in [0.15, 0.2) is 0 Å². The van der Waals surface area contributed by atoms with Crippen molar-refractivity contribution >= 4 is 32.8 Å². The summed E-state index contributed by atoms with van der Waals surface area (Å²) >= 11 is 1.39. The summed E-state index contributed by atoms with van der Waals surface area (Å²) in [5.41, 5.74) is 2.44. The highest BCUT2D eigenvalue weighted by molar-refractivity contribution is 7.91. The zero-order valence-corrected chi connectivity index (χ0v) is 15.7. The van der Waals surface area contributed by atoms with Crippen molar-refractivity contribution in [1.82, 2.24) is 0 Å². The van der Waals surface area contributed by atoms with Crippen LogP contribution in [-0.4, -0.2) is 14.3 Å². The quantitative estimate of drug-likeness (QED) is 0.731. The Bertz CT molecular complexity index is 1070. The minimum absolute atomic E-state index is 0.119. The van der Waals surface area contributed by atoms with E-state index in [1.54, 1.807) is 29.6 Å². The molecule has 3 aromatic rings. The molecule has 2 heterocycles. The molecule has 1 N–H and O–H groups in total. The number of hydrogen-bond acceptors (Lipinski definition) is 4. The van der Waals surface area contributed by atoms with Gasteiger partial charge in [0.2, 0.25) is 15.7 Å². The van der Waals surface area contributed by atoms with E-state index >= 15 is 0 Å². The molecule has 132 valence electrons. The molecule has 1 atom stereocenters. The summed E-state index contributed by atoms with van der Waals surface area (Å²) in [7, 11) is -3.69. The predicted octanol–water partition coefficient (Wildman–Crippen LogP) is 4.36. The summed E-state index contributed by atoms with van der Waals surface area (Å²) in [4.78, 5) is 13.6. The lowest BCUT2D eigenvalue weighted by atomic mass is 9.91. The third-order valence-corrected chi connectivity index (χ3v) is 7.62. The number of thiophene rings is 1. The molecule has 4 nitrogen and oxygen atoms in total. The molecule has 0 radical (unpaired) electrons. The molecule has 4 rings (SSSR count). The molecular weight excluding hydrogens is 366 g/mol. The van der Waals surface area contributed by atoms with Gasteiger partial charge in [-0.2, -0.15) is 0 Å². The highest BCUT2D eigenvalue weighted by Gasteiger charge is 2.34. The van der Waals surface area contributed by atoms with Crippen molar-refractivity contribution in [3.63, 3.8) is 0 Å². The highest BCUT2D eigenvalue weighted by Crippen LogP contribution is 2.45. The second-order valence-corrected chi connectivity index (χ2v) is 9.20. The van der Waals surface area contributed by atoms with Crippen LogP contribution in [0.25, 0.3) is 0 Å². The van der Waals surface area contributed by atoms with Gasteiger partial charge in [0.25, 0.3) is 0 Å². The Hall–Kier alpha value is -2.44.